The molecular formula is C29H34FN3O2. The summed E-state index contributed by atoms with van der Waals surface area (Å²) in [6, 6.07) is 22.7. The zero-order valence-electron chi connectivity index (χ0n) is 20.8. The second kappa shape index (κ2) is 11.4. The Labute approximate surface area is 207 Å². The topological polar surface area (TPSA) is 36.0 Å². The van der Waals surface area contributed by atoms with Gasteiger partial charge in [-0.25, -0.2) is 4.39 Å². The maximum absolute atomic E-state index is 15.2. The quantitative estimate of drug-likeness (QED) is 0.447. The van der Waals surface area contributed by atoms with Crippen LogP contribution in [0.3, 0.4) is 0 Å². The zero-order chi connectivity index (χ0) is 24.8. The number of piperazine rings is 1. The zero-order valence-corrected chi connectivity index (χ0v) is 20.8. The van der Waals surface area contributed by atoms with Crippen molar-refractivity contribution < 1.29 is 13.9 Å². The minimum atomic E-state index is -0.319. The monoisotopic (exact) mass is 475 g/mol. The molecule has 3 aromatic carbocycles. The van der Waals surface area contributed by atoms with Crippen LogP contribution in [0.2, 0.25) is 0 Å². The number of benzene rings is 3. The minimum absolute atomic E-state index is 0.129. The molecule has 1 heterocycles. The van der Waals surface area contributed by atoms with E-state index in [4.69, 9.17) is 4.74 Å². The first-order valence-electron chi connectivity index (χ1n) is 12.3. The van der Waals surface area contributed by atoms with Gasteiger partial charge in [-0.1, -0.05) is 48.5 Å². The van der Waals surface area contributed by atoms with Gasteiger partial charge in [-0.2, -0.15) is 0 Å². The first-order chi connectivity index (χ1) is 17.0. The smallest absolute Gasteiger partial charge is 0.244 e. The SMILES string of the molecule is CCN(CC)C(=O)C(c1ccccc1)N1CCN(c2ccc(-c3ccc(OC)cc3)cc2F)CC1. The molecule has 0 aromatic heterocycles. The summed E-state index contributed by atoms with van der Waals surface area (Å²) in [5.74, 6) is 0.673. The van der Waals surface area contributed by atoms with Gasteiger partial charge in [0.05, 0.1) is 12.8 Å². The number of anilines is 1. The molecule has 1 aliphatic heterocycles. The summed E-state index contributed by atoms with van der Waals surface area (Å²) in [7, 11) is 1.63. The number of carbonyl (C=O) groups excluding carboxylic acids is 1. The molecule has 1 atom stereocenters. The van der Waals surface area contributed by atoms with Gasteiger partial charge in [-0.15, -0.1) is 0 Å². The van der Waals surface area contributed by atoms with E-state index < -0.39 is 0 Å². The van der Waals surface area contributed by atoms with Gasteiger partial charge in [0.25, 0.3) is 0 Å². The van der Waals surface area contributed by atoms with Crippen LogP contribution in [0, 0.1) is 5.82 Å². The number of carbonyl (C=O) groups is 1. The number of hydrogen-bond donors (Lipinski definition) is 0. The third-order valence-corrected chi connectivity index (χ3v) is 6.82. The van der Waals surface area contributed by atoms with E-state index in [0.29, 0.717) is 45.0 Å². The van der Waals surface area contributed by atoms with Gasteiger partial charge in [-0.05, 0) is 54.8 Å². The molecule has 5 nitrogen and oxygen atoms in total. The standard InChI is InChI=1S/C29H34FN3O2/c1-4-31(5-2)29(34)28(23-9-7-6-8-10-23)33-19-17-32(18-20-33)27-16-13-24(21-26(27)30)22-11-14-25(35-3)15-12-22/h6-16,21,28H,4-5,17-20H2,1-3H3. The molecule has 35 heavy (non-hydrogen) atoms. The van der Waals surface area contributed by atoms with Crippen molar-refractivity contribution in [3.05, 3.63) is 84.2 Å². The number of hydrogen-bond acceptors (Lipinski definition) is 4. The fourth-order valence-electron chi connectivity index (χ4n) is 4.80. The van der Waals surface area contributed by atoms with E-state index in [1.54, 1.807) is 13.2 Å². The third kappa shape index (κ3) is 5.49. The number of amides is 1. The maximum Gasteiger partial charge on any atom is 0.244 e. The van der Waals surface area contributed by atoms with Crippen LogP contribution in [-0.2, 0) is 4.79 Å². The van der Waals surface area contributed by atoms with E-state index in [0.717, 1.165) is 22.4 Å². The molecular weight excluding hydrogens is 441 g/mol. The molecule has 1 fully saturated rings. The molecule has 0 spiro atoms. The minimum Gasteiger partial charge on any atom is -0.497 e. The highest BCUT2D eigenvalue weighted by Gasteiger charge is 2.33. The first kappa shape index (κ1) is 24.7. The Kier molecular flexibility index (Phi) is 8.03. The number of nitrogens with zero attached hydrogens (tertiary/aromatic N) is 3. The second-order valence-electron chi connectivity index (χ2n) is 8.74. The van der Waals surface area contributed by atoms with Crippen molar-refractivity contribution in [2.75, 3.05) is 51.3 Å². The van der Waals surface area contributed by atoms with Gasteiger partial charge < -0.3 is 14.5 Å². The molecule has 0 N–H and O–H groups in total. The molecule has 0 saturated carbocycles. The van der Waals surface area contributed by atoms with Crippen LogP contribution in [0.5, 0.6) is 5.75 Å². The molecule has 1 saturated heterocycles. The average molecular weight is 476 g/mol. The molecule has 184 valence electrons. The Balaban J connectivity index is 1.49. The van der Waals surface area contributed by atoms with E-state index in [9.17, 15) is 4.79 Å². The van der Waals surface area contributed by atoms with Crippen molar-refractivity contribution in [2.24, 2.45) is 0 Å². The Bertz CT molecular complexity index is 1110. The lowest BCUT2D eigenvalue weighted by molar-refractivity contribution is -0.137. The summed E-state index contributed by atoms with van der Waals surface area (Å²) in [4.78, 5) is 19.6. The lowest BCUT2D eigenvalue weighted by Gasteiger charge is -2.41. The van der Waals surface area contributed by atoms with Crippen LogP contribution in [0.15, 0.2) is 72.8 Å². The predicted molar refractivity (Wildman–Crippen MR) is 139 cm³/mol. The van der Waals surface area contributed by atoms with Gasteiger partial charge in [-0.3, -0.25) is 9.69 Å². The Hall–Kier alpha value is -3.38. The summed E-state index contributed by atoms with van der Waals surface area (Å²) in [5, 5.41) is 0. The van der Waals surface area contributed by atoms with Crippen molar-refractivity contribution >= 4 is 11.6 Å². The first-order valence-corrected chi connectivity index (χ1v) is 12.3. The fourth-order valence-corrected chi connectivity index (χ4v) is 4.80. The molecule has 0 aliphatic carbocycles. The van der Waals surface area contributed by atoms with E-state index in [1.165, 1.54) is 0 Å². The highest BCUT2D eigenvalue weighted by atomic mass is 19.1. The van der Waals surface area contributed by atoms with Crippen molar-refractivity contribution in [3.8, 4) is 16.9 Å². The van der Waals surface area contributed by atoms with Gasteiger partial charge >= 0.3 is 0 Å². The van der Waals surface area contributed by atoms with Crippen LogP contribution < -0.4 is 9.64 Å². The van der Waals surface area contributed by atoms with Crippen LogP contribution in [0.25, 0.3) is 11.1 Å². The van der Waals surface area contributed by atoms with Crippen molar-refractivity contribution in [1.82, 2.24) is 9.80 Å². The van der Waals surface area contributed by atoms with Gasteiger partial charge in [0.2, 0.25) is 5.91 Å². The summed E-state index contributed by atoms with van der Waals surface area (Å²) in [5.41, 5.74) is 3.39. The number of ether oxygens (including phenoxy) is 1. The second-order valence-corrected chi connectivity index (χ2v) is 8.74. The fraction of sp³-hybridized carbons (Fsp3) is 0.345. The Morgan fingerprint density at radius 1 is 0.914 bits per heavy atom. The van der Waals surface area contributed by atoms with Crippen LogP contribution in [-0.4, -0.2) is 62.1 Å². The average Bonchev–Trinajstić information content (AvgIpc) is 2.91. The molecule has 1 unspecified atom stereocenters. The van der Waals surface area contributed by atoms with E-state index in [1.807, 2.05) is 85.5 Å². The molecule has 0 bridgehead atoms. The van der Waals surface area contributed by atoms with Gasteiger partial charge in [0.15, 0.2) is 0 Å². The molecule has 6 heteroatoms. The number of likely N-dealkylation sites (N-methyl/N-ethyl adjacent to an activating group) is 1. The number of methoxy groups -OCH3 is 1. The summed E-state index contributed by atoms with van der Waals surface area (Å²) in [6.07, 6.45) is 0. The van der Waals surface area contributed by atoms with Crippen molar-refractivity contribution in [3.63, 3.8) is 0 Å². The van der Waals surface area contributed by atoms with Gasteiger partial charge in [0, 0.05) is 39.3 Å². The number of halogens is 1. The van der Waals surface area contributed by atoms with E-state index >= 15 is 4.39 Å². The highest BCUT2D eigenvalue weighted by Crippen LogP contribution is 2.30. The summed E-state index contributed by atoms with van der Waals surface area (Å²) >= 11 is 0. The highest BCUT2D eigenvalue weighted by molar-refractivity contribution is 5.83. The maximum atomic E-state index is 15.2. The Morgan fingerprint density at radius 2 is 1.54 bits per heavy atom. The van der Waals surface area contributed by atoms with Crippen LogP contribution in [0.4, 0.5) is 10.1 Å². The summed E-state index contributed by atoms with van der Waals surface area (Å²) < 4.78 is 20.4. The normalized spacial score (nSPS) is 15.0. The lowest BCUT2D eigenvalue weighted by Crippen LogP contribution is -2.51. The molecule has 0 radical (unpaired) electrons. The van der Waals surface area contributed by atoms with E-state index in [-0.39, 0.29) is 17.8 Å². The van der Waals surface area contributed by atoms with Gasteiger partial charge in [0.1, 0.15) is 17.6 Å². The largest absolute Gasteiger partial charge is 0.497 e. The number of rotatable bonds is 8. The van der Waals surface area contributed by atoms with Crippen LogP contribution in [0.1, 0.15) is 25.5 Å². The molecule has 1 aliphatic rings. The lowest BCUT2D eigenvalue weighted by atomic mass is 10.0. The molecule has 1 amide bonds. The predicted octanol–water partition coefficient (Wildman–Crippen LogP) is 5.23. The van der Waals surface area contributed by atoms with E-state index in [2.05, 4.69) is 9.80 Å². The summed E-state index contributed by atoms with van der Waals surface area (Å²) in [6.45, 7) is 8.09. The van der Waals surface area contributed by atoms with Crippen molar-refractivity contribution in [2.45, 2.75) is 19.9 Å². The van der Waals surface area contributed by atoms with Crippen LogP contribution >= 0.6 is 0 Å². The molecule has 4 rings (SSSR count). The molecule has 3 aromatic rings. The third-order valence-electron chi connectivity index (χ3n) is 6.82. The Morgan fingerprint density at radius 3 is 2.11 bits per heavy atom. The van der Waals surface area contributed by atoms with Crippen molar-refractivity contribution in [1.29, 1.82) is 0 Å².